The van der Waals surface area contributed by atoms with Crippen molar-refractivity contribution in [3.8, 4) is 0 Å². The van der Waals surface area contributed by atoms with E-state index in [0.29, 0.717) is 18.0 Å². The number of hydrogen-bond donors (Lipinski definition) is 1. The first-order valence-corrected chi connectivity index (χ1v) is 7.33. The van der Waals surface area contributed by atoms with Gasteiger partial charge in [0.2, 0.25) is 0 Å². The standard InChI is InChI=1S/C16H24N2/c1-12-9-10-18(11-15(12)17)16-8-4-6-13-5-2-3-7-14(13)16/h2-3,5,7,12,15-16H,4,6,8-11,17H2,1H3. The second-order valence-corrected chi connectivity index (χ2v) is 6.03. The molecule has 3 atom stereocenters. The quantitative estimate of drug-likeness (QED) is 0.823. The summed E-state index contributed by atoms with van der Waals surface area (Å²) in [7, 11) is 0. The third-order valence-electron chi connectivity index (χ3n) is 4.83. The zero-order valence-corrected chi connectivity index (χ0v) is 11.3. The summed E-state index contributed by atoms with van der Waals surface area (Å²) in [5, 5.41) is 0. The highest BCUT2D eigenvalue weighted by molar-refractivity contribution is 5.32. The molecular weight excluding hydrogens is 220 g/mol. The van der Waals surface area contributed by atoms with Crippen molar-refractivity contribution in [3.05, 3.63) is 35.4 Å². The molecule has 0 amide bonds. The SMILES string of the molecule is CC1CCN(C2CCCc3ccccc32)CC1N. The molecule has 2 nitrogen and oxygen atoms in total. The van der Waals surface area contributed by atoms with Crippen LogP contribution in [0.15, 0.2) is 24.3 Å². The van der Waals surface area contributed by atoms with Crippen LogP contribution in [0.2, 0.25) is 0 Å². The Morgan fingerprint density at radius 2 is 2.06 bits per heavy atom. The first-order chi connectivity index (χ1) is 8.75. The van der Waals surface area contributed by atoms with Crippen molar-refractivity contribution < 1.29 is 0 Å². The lowest BCUT2D eigenvalue weighted by Gasteiger charge is -2.42. The van der Waals surface area contributed by atoms with E-state index in [9.17, 15) is 0 Å². The van der Waals surface area contributed by atoms with Gasteiger partial charge >= 0.3 is 0 Å². The van der Waals surface area contributed by atoms with Crippen LogP contribution in [0.1, 0.15) is 43.4 Å². The molecule has 1 heterocycles. The molecule has 1 saturated heterocycles. The van der Waals surface area contributed by atoms with E-state index in [1.807, 2.05) is 0 Å². The summed E-state index contributed by atoms with van der Waals surface area (Å²) in [5.41, 5.74) is 9.37. The summed E-state index contributed by atoms with van der Waals surface area (Å²) in [6.45, 7) is 4.57. The van der Waals surface area contributed by atoms with Gasteiger partial charge in [-0.2, -0.15) is 0 Å². The van der Waals surface area contributed by atoms with Crippen LogP contribution in [0.25, 0.3) is 0 Å². The Morgan fingerprint density at radius 1 is 1.22 bits per heavy atom. The van der Waals surface area contributed by atoms with Crippen LogP contribution in [0.4, 0.5) is 0 Å². The largest absolute Gasteiger partial charge is 0.326 e. The number of fused-ring (bicyclic) bond motifs is 1. The second kappa shape index (κ2) is 5.02. The molecule has 98 valence electrons. The first kappa shape index (κ1) is 12.2. The molecule has 0 saturated carbocycles. The molecule has 0 spiro atoms. The minimum absolute atomic E-state index is 0.354. The minimum atomic E-state index is 0.354. The number of hydrogen-bond acceptors (Lipinski definition) is 2. The monoisotopic (exact) mass is 244 g/mol. The lowest BCUT2D eigenvalue weighted by molar-refractivity contribution is 0.109. The van der Waals surface area contributed by atoms with E-state index in [-0.39, 0.29) is 0 Å². The van der Waals surface area contributed by atoms with Gasteiger partial charge in [-0.05, 0) is 49.3 Å². The number of likely N-dealkylation sites (tertiary alicyclic amines) is 1. The lowest BCUT2D eigenvalue weighted by Crippen LogP contribution is -2.49. The van der Waals surface area contributed by atoms with Gasteiger partial charge in [-0.1, -0.05) is 31.2 Å². The van der Waals surface area contributed by atoms with Gasteiger partial charge in [0.05, 0.1) is 0 Å². The van der Waals surface area contributed by atoms with E-state index < -0.39 is 0 Å². The van der Waals surface area contributed by atoms with Crippen LogP contribution in [0.5, 0.6) is 0 Å². The Hall–Kier alpha value is -0.860. The highest BCUT2D eigenvalue weighted by atomic mass is 15.2. The van der Waals surface area contributed by atoms with E-state index in [0.717, 1.165) is 6.54 Å². The summed E-state index contributed by atoms with van der Waals surface area (Å²) < 4.78 is 0. The highest BCUT2D eigenvalue weighted by Gasteiger charge is 2.31. The minimum Gasteiger partial charge on any atom is -0.326 e. The summed E-state index contributed by atoms with van der Waals surface area (Å²) in [4.78, 5) is 2.63. The zero-order chi connectivity index (χ0) is 12.5. The van der Waals surface area contributed by atoms with Crippen molar-refractivity contribution in [3.63, 3.8) is 0 Å². The van der Waals surface area contributed by atoms with E-state index in [1.54, 1.807) is 11.1 Å². The van der Waals surface area contributed by atoms with Crippen LogP contribution in [-0.2, 0) is 6.42 Å². The maximum Gasteiger partial charge on any atom is 0.0351 e. The molecule has 3 unspecified atom stereocenters. The summed E-state index contributed by atoms with van der Waals surface area (Å²) >= 11 is 0. The fourth-order valence-corrected chi connectivity index (χ4v) is 3.52. The Labute approximate surface area is 110 Å². The summed E-state index contributed by atoms with van der Waals surface area (Å²) in [5.74, 6) is 0.681. The Kier molecular flexibility index (Phi) is 3.40. The number of rotatable bonds is 1. The molecule has 1 aromatic rings. The van der Waals surface area contributed by atoms with Crippen LogP contribution in [0.3, 0.4) is 0 Å². The van der Waals surface area contributed by atoms with Crippen molar-refractivity contribution in [2.45, 2.75) is 44.7 Å². The van der Waals surface area contributed by atoms with Gasteiger partial charge in [0.15, 0.2) is 0 Å². The molecule has 2 N–H and O–H groups in total. The lowest BCUT2D eigenvalue weighted by atomic mass is 9.84. The smallest absolute Gasteiger partial charge is 0.0351 e. The molecular formula is C16H24N2. The fourth-order valence-electron chi connectivity index (χ4n) is 3.52. The van der Waals surface area contributed by atoms with Crippen LogP contribution >= 0.6 is 0 Å². The topological polar surface area (TPSA) is 29.3 Å². The molecule has 1 aliphatic heterocycles. The van der Waals surface area contributed by atoms with Crippen molar-refractivity contribution >= 4 is 0 Å². The summed E-state index contributed by atoms with van der Waals surface area (Å²) in [6.07, 6.45) is 5.13. The van der Waals surface area contributed by atoms with Gasteiger partial charge in [-0.25, -0.2) is 0 Å². The molecule has 1 aromatic carbocycles. The Balaban J connectivity index is 1.81. The van der Waals surface area contributed by atoms with E-state index in [1.165, 1.54) is 32.2 Å². The van der Waals surface area contributed by atoms with Gasteiger partial charge in [0.25, 0.3) is 0 Å². The number of piperidine rings is 1. The fraction of sp³-hybridized carbons (Fsp3) is 0.625. The average Bonchev–Trinajstić information content (AvgIpc) is 2.41. The molecule has 2 heteroatoms. The highest BCUT2D eigenvalue weighted by Crippen LogP contribution is 2.36. The van der Waals surface area contributed by atoms with Gasteiger partial charge in [-0.3, -0.25) is 4.90 Å². The number of nitrogens with two attached hydrogens (primary N) is 1. The van der Waals surface area contributed by atoms with Crippen molar-refractivity contribution in [1.82, 2.24) is 4.90 Å². The van der Waals surface area contributed by atoms with Crippen molar-refractivity contribution in [2.75, 3.05) is 13.1 Å². The van der Waals surface area contributed by atoms with Crippen molar-refractivity contribution in [2.24, 2.45) is 11.7 Å². The maximum atomic E-state index is 6.25. The van der Waals surface area contributed by atoms with Gasteiger partial charge < -0.3 is 5.73 Å². The van der Waals surface area contributed by atoms with E-state index in [2.05, 4.69) is 36.1 Å². The third kappa shape index (κ3) is 2.19. The molecule has 2 aliphatic rings. The van der Waals surface area contributed by atoms with Crippen molar-refractivity contribution in [1.29, 1.82) is 0 Å². The average molecular weight is 244 g/mol. The Bertz CT molecular complexity index is 415. The normalized spacial score (nSPS) is 33.1. The molecule has 3 rings (SSSR count). The Morgan fingerprint density at radius 3 is 2.89 bits per heavy atom. The van der Waals surface area contributed by atoms with E-state index >= 15 is 0 Å². The molecule has 0 bridgehead atoms. The van der Waals surface area contributed by atoms with Crippen LogP contribution in [0, 0.1) is 5.92 Å². The first-order valence-electron chi connectivity index (χ1n) is 7.33. The van der Waals surface area contributed by atoms with Crippen LogP contribution < -0.4 is 5.73 Å². The van der Waals surface area contributed by atoms with Gasteiger partial charge in [0.1, 0.15) is 0 Å². The molecule has 0 radical (unpaired) electrons. The van der Waals surface area contributed by atoms with E-state index in [4.69, 9.17) is 5.73 Å². The van der Waals surface area contributed by atoms with Gasteiger partial charge in [-0.15, -0.1) is 0 Å². The van der Waals surface area contributed by atoms with Crippen LogP contribution in [-0.4, -0.2) is 24.0 Å². The third-order valence-corrected chi connectivity index (χ3v) is 4.83. The molecule has 0 aromatic heterocycles. The maximum absolute atomic E-state index is 6.25. The summed E-state index contributed by atoms with van der Waals surface area (Å²) in [6, 6.07) is 9.95. The second-order valence-electron chi connectivity index (χ2n) is 6.03. The number of benzene rings is 1. The predicted molar refractivity (Wildman–Crippen MR) is 75.5 cm³/mol. The molecule has 18 heavy (non-hydrogen) atoms. The zero-order valence-electron chi connectivity index (χ0n) is 11.3. The predicted octanol–water partition coefficient (Wildman–Crippen LogP) is 2.73. The molecule has 1 fully saturated rings. The van der Waals surface area contributed by atoms with Gasteiger partial charge in [0, 0.05) is 18.6 Å². The number of nitrogens with zero attached hydrogens (tertiary/aromatic N) is 1. The number of aryl methyl sites for hydroxylation is 1. The molecule has 1 aliphatic carbocycles.